The summed E-state index contributed by atoms with van der Waals surface area (Å²) >= 11 is 6.06. The number of morpholine rings is 1. The number of ether oxygens (including phenoxy) is 3. The lowest BCUT2D eigenvalue weighted by Gasteiger charge is -2.39. The molecule has 2 amide bonds. The van der Waals surface area contributed by atoms with Gasteiger partial charge >= 0.3 is 12.2 Å². The van der Waals surface area contributed by atoms with Crippen molar-refractivity contribution in [1.29, 1.82) is 0 Å². The third kappa shape index (κ3) is 4.21. The molecule has 0 radical (unpaired) electrons. The number of hydrogen-bond acceptors (Lipinski definition) is 4. The van der Waals surface area contributed by atoms with Crippen molar-refractivity contribution in [3.63, 3.8) is 0 Å². The van der Waals surface area contributed by atoms with Gasteiger partial charge in [0, 0.05) is 18.3 Å². The number of anilines is 1. The van der Waals surface area contributed by atoms with Gasteiger partial charge in [-0.2, -0.15) is 13.2 Å². The summed E-state index contributed by atoms with van der Waals surface area (Å²) < 4.78 is 53.9. The Bertz CT molecular complexity index is 642. The molecule has 2 rings (SSSR count). The number of amides is 2. The van der Waals surface area contributed by atoms with E-state index in [1.54, 1.807) is 0 Å². The maximum absolute atomic E-state index is 13.0. The first-order valence-corrected chi connectivity index (χ1v) is 7.74. The summed E-state index contributed by atoms with van der Waals surface area (Å²) in [5.74, 6) is 0.576. The maximum atomic E-state index is 13.0. The molecule has 1 aromatic carbocycles. The van der Waals surface area contributed by atoms with E-state index >= 15 is 0 Å². The number of urea groups is 1. The molecule has 140 valence electrons. The minimum atomic E-state index is -4.55. The fourth-order valence-electron chi connectivity index (χ4n) is 2.62. The minimum absolute atomic E-state index is 0.0423. The van der Waals surface area contributed by atoms with Crippen LogP contribution >= 0.6 is 11.6 Å². The van der Waals surface area contributed by atoms with Gasteiger partial charge in [-0.25, -0.2) is 4.79 Å². The van der Waals surface area contributed by atoms with E-state index in [-0.39, 0.29) is 29.6 Å². The number of nitrogens with zero attached hydrogens (tertiary/aromatic N) is 1. The van der Waals surface area contributed by atoms with Crippen LogP contribution in [0.4, 0.5) is 23.7 Å². The number of methoxy groups -OCH3 is 2. The molecule has 6 nitrogen and oxygen atoms in total. The summed E-state index contributed by atoms with van der Waals surface area (Å²) in [5.41, 5.74) is 0.273. The van der Waals surface area contributed by atoms with Gasteiger partial charge in [0.15, 0.2) is 17.6 Å². The number of carbonyl (C=O) groups excluding carboxylic acids is 1. The lowest BCUT2D eigenvalue weighted by Crippen LogP contribution is -2.58. The van der Waals surface area contributed by atoms with Crippen LogP contribution in [0.5, 0.6) is 11.5 Å². The molecular weight excluding hydrogens is 365 g/mol. The Kier molecular flexibility index (Phi) is 5.89. The zero-order valence-electron chi connectivity index (χ0n) is 13.8. The van der Waals surface area contributed by atoms with E-state index in [9.17, 15) is 18.0 Å². The van der Waals surface area contributed by atoms with Gasteiger partial charge in [-0.15, -0.1) is 0 Å². The molecule has 1 saturated heterocycles. The van der Waals surface area contributed by atoms with Gasteiger partial charge in [0.1, 0.15) is 0 Å². The molecule has 1 fully saturated rings. The van der Waals surface area contributed by atoms with Crippen molar-refractivity contribution in [2.45, 2.75) is 25.2 Å². The first-order valence-electron chi connectivity index (χ1n) is 7.36. The van der Waals surface area contributed by atoms with Crippen LogP contribution in [0.25, 0.3) is 0 Å². The number of halogens is 4. The van der Waals surface area contributed by atoms with Gasteiger partial charge in [-0.05, 0) is 13.0 Å². The fourth-order valence-corrected chi connectivity index (χ4v) is 2.91. The third-order valence-electron chi connectivity index (χ3n) is 3.83. The topological polar surface area (TPSA) is 60.0 Å². The van der Waals surface area contributed by atoms with Crippen molar-refractivity contribution in [2.75, 3.05) is 32.7 Å². The molecule has 10 heteroatoms. The molecule has 0 saturated carbocycles. The number of benzene rings is 1. The summed E-state index contributed by atoms with van der Waals surface area (Å²) in [5, 5.41) is 2.72. The van der Waals surface area contributed by atoms with E-state index in [0.717, 1.165) is 4.90 Å². The van der Waals surface area contributed by atoms with Crippen LogP contribution in [-0.4, -0.2) is 56.6 Å². The highest BCUT2D eigenvalue weighted by molar-refractivity contribution is 6.32. The van der Waals surface area contributed by atoms with Crippen LogP contribution in [0.2, 0.25) is 5.02 Å². The van der Waals surface area contributed by atoms with Gasteiger partial charge in [-0.1, -0.05) is 11.6 Å². The Morgan fingerprint density at radius 3 is 2.60 bits per heavy atom. The Morgan fingerprint density at radius 1 is 1.36 bits per heavy atom. The van der Waals surface area contributed by atoms with Gasteiger partial charge in [0.05, 0.1) is 31.9 Å². The van der Waals surface area contributed by atoms with Crippen LogP contribution in [0.3, 0.4) is 0 Å². The molecule has 1 aromatic rings. The van der Waals surface area contributed by atoms with E-state index in [2.05, 4.69) is 5.32 Å². The second-order valence-electron chi connectivity index (χ2n) is 5.39. The van der Waals surface area contributed by atoms with Crippen LogP contribution < -0.4 is 14.8 Å². The fraction of sp³-hybridized carbons (Fsp3) is 0.533. The summed E-state index contributed by atoms with van der Waals surface area (Å²) in [6, 6.07) is 1.04. The zero-order valence-corrected chi connectivity index (χ0v) is 14.6. The van der Waals surface area contributed by atoms with Crippen molar-refractivity contribution < 1.29 is 32.2 Å². The van der Waals surface area contributed by atoms with Crippen LogP contribution in [-0.2, 0) is 4.74 Å². The van der Waals surface area contributed by atoms with Crippen LogP contribution in [0.15, 0.2) is 12.1 Å². The molecule has 2 unspecified atom stereocenters. The van der Waals surface area contributed by atoms with E-state index in [1.165, 1.54) is 33.3 Å². The number of hydrogen-bond donors (Lipinski definition) is 1. The van der Waals surface area contributed by atoms with Crippen molar-refractivity contribution in [3.8, 4) is 11.5 Å². The Labute approximate surface area is 147 Å². The highest BCUT2D eigenvalue weighted by atomic mass is 35.5. The molecule has 0 aliphatic carbocycles. The highest BCUT2D eigenvalue weighted by Crippen LogP contribution is 2.38. The SMILES string of the molecule is COc1cc(NC(=O)N2CCOC(C(F)(F)F)C2C)cc(Cl)c1OC. The quantitative estimate of drug-likeness (QED) is 0.868. The lowest BCUT2D eigenvalue weighted by molar-refractivity contribution is -0.246. The molecule has 1 heterocycles. The molecule has 0 spiro atoms. The summed E-state index contributed by atoms with van der Waals surface area (Å²) in [6.07, 6.45) is -6.58. The average Bonchev–Trinajstić information content (AvgIpc) is 2.53. The standard InChI is InChI=1S/C15H18ClF3N2O4/c1-8-13(15(17,18)19)25-5-4-21(8)14(22)20-9-6-10(16)12(24-3)11(7-9)23-2/h6-8,13H,4-5H2,1-3H3,(H,20,22). The molecule has 25 heavy (non-hydrogen) atoms. The molecule has 1 N–H and O–H groups in total. The molecule has 0 bridgehead atoms. The Balaban J connectivity index is 2.18. The first-order chi connectivity index (χ1) is 11.7. The number of carbonyl (C=O) groups is 1. The zero-order chi connectivity index (χ0) is 18.8. The molecule has 1 aliphatic heterocycles. The van der Waals surface area contributed by atoms with E-state index in [0.29, 0.717) is 5.75 Å². The van der Waals surface area contributed by atoms with E-state index < -0.39 is 24.4 Å². The summed E-state index contributed by atoms with van der Waals surface area (Å²) in [4.78, 5) is 13.5. The van der Waals surface area contributed by atoms with Crippen molar-refractivity contribution in [1.82, 2.24) is 4.90 Å². The second kappa shape index (κ2) is 7.57. The number of rotatable bonds is 3. The largest absolute Gasteiger partial charge is 0.493 e. The van der Waals surface area contributed by atoms with Crippen LogP contribution in [0, 0.1) is 0 Å². The molecular formula is C15H18ClF3N2O4. The van der Waals surface area contributed by atoms with E-state index in [4.69, 9.17) is 25.8 Å². The molecule has 2 atom stereocenters. The maximum Gasteiger partial charge on any atom is 0.416 e. The summed E-state index contributed by atoms with van der Waals surface area (Å²) in [7, 11) is 2.81. The van der Waals surface area contributed by atoms with Gasteiger partial charge in [-0.3, -0.25) is 0 Å². The van der Waals surface area contributed by atoms with Gasteiger partial charge < -0.3 is 24.4 Å². The third-order valence-corrected chi connectivity index (χ3v) is 4.11. The number of nitrogens with one attached hydrogen (secondary N) is 1. The Morgan fingerprint density at radius 2 is 2.04 bits per heavy atom. The smallest absolute Gasteiger partial charge is 0.416 e. The van der Waals surface area contributed by atoms with Crippen molar-refractivity contribution >= 4 is 23.3 Å². The van der Waals surface area contributed by atoms with Crippen molar-refractivity contribution in [2.24, 2.45) is 0 Å². The lowest BCUT2D eigenvalue weighted by atomic mass is 10.1. The normalized spacial score (nSPS) is 21.0. The molecule has 1 aliphatic rings. The first kappa shape index (κ1) is 19.5. The molecule has 0 aromatic heterocycles. The highest BCUT2D eigenvalue weighted by Gasteiger charge is 2.49. The van der Waals surface area contributed by atoms with Gasteiger partial charge in [0.2, 0.25) is 0 Å². The Hall–Kier alpha value is -1.87. The minimum Gasteiger partial charge on any atom is -0.493 e. The number of alkyl halides is 3. The summed E-state index contributed by atoms with van der Waals surface area (Å²) in [6.45, 7) is 1.13. The van der Waals surface area contributed by atoms with Gasteiger partial charge in [0.25, 0.3) is 0 Å². The van der Waals surface area contributed by atoms with Crippen LogP contribution in [0.1, 0.15) is 6.92 Å². The predicted molar refractivity (Wildman–Crippen MR) is 85.5 cm³/mol. The predicted octanol–water partition coefficient (Wildman–Crippen LogP) is 3.54. The van der Waals surface area contributed by atoms with E-state index in [1.807, 2.05) is 0 Å². The monoisotopic (exact) mass is 382 g/mol. The average molecular weight is 383 g/mol. The second-order valence-corrected chi connectivity index (χ2v) is 5.80. The van der Waals surface area contributed by atoms with Crippen molar-refractivity contribution in [3.05, 3.63) is 17.2 Å².